The topological polar surface area (TPSA) is 20.2 Å². The summed E-state index contributed by atoms with van der Waals surface area (Å²) in [7, 11) is 0. The van der Waals surface area contributed by atoms with Crippen molar-refractivity contribution >= 4 is 0 Å². The molecule has 1 unspecified atom stereocenters. The third-order valence-electron chi connectivity index (χ3n) is 4.08. The van der Waals surface area contributed by atoms with Crippen LogP contribution in [-0.4, -0.2) is 5.11 Å². The molecule has 3 heteroatoms. The summed E-state index contributed by atoms with van der Waals surface area (Å²) in [5, 5.41) is 10.3. The van der Waals surface area contributed by atoms with E-state index in [0.717, 1.165) is 30.5 Å². The fourth-order valence-corrected chi connectivity index (χ4v) is 2.66. The molecule has 2 aromatic carbocycles. The van der Waals surface area contributed by atoms with Crippen LogP contribution in [0.4, 0.5) is 8.78 Å². The maximum atomic E-state index is 13.7. The quantitative estimate of drug-likeness (QED) is 0.884. The maximum absolute atomic E-state index is 13.7. The molecule has 1 saturated carbocycles. The van der Waals surface area contributed by atoms with Gasteiger partial charge in [0.2, 0.25) is 0 Å². The first kappa shape index (κ1) is 13.3. The van der Waals surface area contributed by atoms with Gasteiger partial charge in [0, 0.05) is 0 Å². The largest absolute Gasteiger partial charge is 0.383 e. The Morgan fingerprint density at radius 1 is 1.00 bits per heavy atom. The second-order valence-electron chi connectivity index (χ2n) is 5.34. The lowest BCUT2D eigenvalue weighted by Crippen LogP contribution is -2.10. The number of aliphatic hydroxyl groups excluding tert-OH is 1. The molecule has 0 saturated heterocycles. The molecule has 0 amide bonds. The normalized spacial score (nSPS) is 16.8. The van der Waals surface area contributed by atoms with Gasteiger partial charge in [-0.15, -0.1) is 0 Å². The summed E-state index contributed by atoms with van der Waals surface area (Å²) < 4.78 is 27.4. The number of halogens is 2. The summed E-state index contributed by atoms with van der Waals surface area (Å²) >= 11 is 0. The lowest BCUT2D eigenvalue weighted by atomic mass is 9.79. The molecule has 0 aliphatic heterocycles. The predicted molar refractivity (Wildman–Crippen MR) is 73.5 cm³/mol. The monoisotopic (exact) mass is 274 g/mol. The summed E-state index contributed by atoms with van der Waals surface area (Å²) in [6, 6.07) is 11.0. The van der Waals surface area contributed by atoms with Gasteiger partial charge in [-0.2, -0.15) is 0 Å². The van der Waals surface area contributed by atoms with Gasteiger partial charge in [-0.3, -0.25) is 0 Å². The third kappa shape index (κ3) is 2.34. The SMILES string of the molecule is OC(c1cccc(C2CCC2)c1)c1c(F)cccc1F. The average molecular weight is 274 g/mol. The van der Waals surface area contributed by atoms with Crippen LogP contribution in [0.5, 0.6) is 0 Å². The second kappa shape index (κ2) is 5.33. The van der Waals surface area contributed by atoms with E-state index in [4.69, 9.17) is 0 Å². The van der Waals surface area contributed by atoms with E-state index >= 15 is 0 Å². The molecule has 20 heavy (non-hydrogen) atoms. The minimum Gasteiger partial charge on any atom is -0.383 e. The Morgan fingerprint density at radius 2 is 1.65 bits per heavy atom. The van der Waals surface area contributed by atoms with Crippen molar-refractivity contribution in [1.82, 2.24) is 0 Å². The number of rotatable bonds is 3. The molecular weight excluding hydrogens is 258 g/mol. The van der Waals surface area contributed by atoms with Gasteiger partial charge in [0.25, 0.3) is 0 Å². The van der Waals surface area contributed by atoms with Gasteiger partial charge in [0.15, 0.2) is 0 Å². The standard InChI is InChI=1S/C17H16F2O/c18-14-8-3-9-15(19)16(14)17(20)13-7-2-6-12(10-13)11-4-1-5-11/h2-3,6-11,17,20H,1,4-5H2. The highest BCUT2D eigenvalue weighted by Gasteiger charge is 2.23. The smallest absolute Gasteiger partial charge is 0.132 e. The van der Waals surface area contributed by atoms with Crippen molar-refractivity contribution < 1.29 is 13.9 Å². The summed E-state index contributed by atoms with van der Waals surface area (Å²) in [4.78, 5) is 0. The van der Waals surface area contributed by atoms with E-state index in [1.807, 2.05) is 18.2 Å². The van der Waals surface area contributed by atoms with Gasteiger partial charge in [-0.05, 0) is 42.0 Å². The highest BCUT2D eigenvalue weighted by Crippen LogP contribution is 2.37. The van der Waals surface area contributed by atoms with Crippen LogP contribution in [0.1, 0.15) is 48.0 Å². The predicted octanol–water partition coefficient (Wildman–Crippen LogP) is 4.31. The van der Waals surface area contributed by atoms with E-state index in [0.29, 0.717) is 11.5 Å². The fourth-order valence-electron chi connectivity index (χ4n) is 2.66. The van der Waals surface area contributed by atoms with Crippen molar-refractivity contribution in [1.29, 1.82) is 0 Å². The minimum atomic E-state index is -1.27. The zero-order valence-corrected chi connectivity index (χ0v) is 11.0. The summed E-state index contributed by atoms with van der Waals surface area (Å²) in [5.41, 5.74) is 1.40. The molecule has 1 atom stereocenters. The van der Waals surface area contributed by atoms with Crippen LogP contribution in [0.15, 0.2) is 42.5 Å². The Kier molecular flexibility index (Phi) is 3.53. The molecule has 1 fully saturated rings. The third-order valence-corrected chi connectivity index (χ3v) is 4.08. The lowest BCUT2D eigenvalue weighted by Gasteiger charge is -2.26. The van der Waals surface area contributed by atoms with Crippen LogP contribution in [0.3, 0.4) is 0 Å². The molecule has 1 N–H and O–H groups in total. The van der Waals surface area contributed by atoms with E-state index in [-0.39, 0.29) is 5.56 Å². The molecule has 3 rings (SSSR count). The zero-order valence-electron chi connectivity index (χ0n) is 11.0. The summed E-state index contributed by atoms with van der Waals surface area (Å²) in [5.74, 6) is -0.911. The lowest BCUT2D eigenvalue weighted by molar-refractivity contribution is 0.209. The molecule has 0 aromatic heterocycles. The van der Waals surface area contributed by atoms with E-state index in [2.05, 4.69) is 0 Å². The van der Waals surface area contributed by atoms with E-state index < -0.39 is 17.7 Å². The zero-order chi connectivity index (χ0) is 14.1. The maximum Gasteiger partial charge on any atom is 0.132 e. The van der Waals surface area contributed by atoms with E-state index in [9.17, 15) is 13.9 Å². The molecule has 0 bridgehead atoms. The Labute approximate surface area is 116 Å². The van der Waals surface area contributed by atoms with Crippen LogP contribution in [-0.2, 0) is 0 Å². The van der Waals surface area contributed by atoms with Crippen molar-refractivity contribution in [2.45, 2.75) is 31.3 Å². The van der Waals surface area contributed by atoms with Gasteiger partial charge >= 0.3 is 0 Å². The first-order valence-corrected chi connectivity index (χ1v) is 6.88. The second-order valence-corrected chi connectivity index (χ2v) is 5.34. The van der Waals surface area contributed by atoms with Crippen LogP contribution < -0.4 is 0 Å². The fraction of sp³-hybridized carbons (Fsp3) is 0.294. The number of benzene rings is 2. The molecule has 104 valence electrons. The van der Waals surface area contributed by atoms with Crippen LogP contribution in [0.2, 0.25) is 0 Å². The van der Waals surface area contributed by atoms with Crippen molar-refractivity contribution in [2.24, 2.45) is 0 Å². The molecule has 0 spiro atoms. The molecule has 1 aliphatic carbocycles. The van der Waals surface area contributed by atoms with Crippen LogP contribution >= 0.6 is 0 Å². The molecule has 1 nitrogen and oxygen atoms in total. The van der Waals surface area contributed by atoms with E-state index in [1.54, 1.807) is 6.07 Å². The van der Waals surface area contributed by atoms with Gasteiger partial charge < -0.3 is 5.11 Å². The van der Waals surface area contributed by atoms with Crippen LogP contribution in [0.25, 0.3) is 0 Å². The van der Waals surface area contributed by atoms with E-state index in [1.165, 1.54) is 12.5 Å². The minimum absolute atomic E-state index is 0.279. The Hall–Kier alpha value is -1.74. The first-order valence-electron chi connectivity index (χ1n) is 6.88. The number of hydrogen-bond acceptors (Lipinski definition) is 1. The summed E-state index contributed by atoms with van der Waals surface area (Å²) in [6.07, 6.45) is 2.25. The number of hydrogen-bond donors (Lipinski definition) is 1. The Morgan fingerprint density at radius 3 is 2.25 bits per heavy atom. The Bertz CT molecular complexity index is 600. The molecule has 0 radical (unpaired) electrons. The van der Waals surface area contributed by atoms with Crippen molar-refractivity contribution in [2.75, 3.05) is 0 Å². The molecule has 0 heterocycles. The van der Waals surface area contributed by atoms with Gasteiger partial charge in [-0.1, -0.05) is 36.8 Å². The molecule has 2 aromatic rings. The Balaban J connectivity index is 1.95. The number of aliphatic hydroxyl groups is 1. The van der Waals surface area contributed by atoms with Gasteiger partial charge in [-0.25, -0.2) is 8.78 Å². The van der Waals surface area contributed by atoms with Gasteiger partial charge in [0.05, 0.1) is 5.56 Å². The van der Waals surface area contributed by atoms with Crippen molar-refractivity contribution in [3.8, 4) is 0 Å². The highest BCUT2D eigenvalue weighted by molar-refractivity contribution is 5.35. The van der Waals surface area contributed by atoms with Crippen molar-refractivity contribution in [3.63, 3.8) is 0 Å². The highest BCUT2D eigenvalue weighted by atomic mass is 19.1. The van der Waals surface area contributed by atoms with Crippen LogP contribution in [0, 0.1) is 11.6 Å². The molecule has 1 aliphatic rings. The summed E-state index contributed by atoms with van der Waals surface area (Å²) in [6.45, 7) is 0. The van der Waals surface area contributed by atoms with Crippen molar-refractivity contribution in [3.05, 3.63) is 70.8 Å². The average Bonchev–Trinajstić information content (AvgIpc) is 2.36. The first-order chi connectivity index (χ1) is 9.66. The van der Waals surface area contributed by atoms with Gasteiger partial charge in [0.1, 0.15) is 17.7 Å². The molecular formula is C17H16F2O.